The van der Waals surface area contributed by atoms with Gasteiger partial charge in [0.15, 0.2) is 0 Å². The zero-order chi connectivity index (χ0) is 14.9. The van der Waals surface area contributed by atoms with E-state index in [-0.39, 0.29) is 11.4 Å². The average Bonchev–Trinajstić information content (AvgIpc) is 2.42. The van der Waals surface area contributed by atoms with Crippen molar-refractivity contribution in [3.63, 3.8) is 0 Å². The number of carbonyl (C=O) groups is 1. The molecule has 1 aliphatic heterocycles. The van der Waals surface area contributed by atoms with Crippen molar-refractivity contribution in [2.45, 2.75) is 24.7 Å². The maximum atomic E-state index is 12.5. The number of sulfonamides is 1. The normalized spacial score (nSPS) is 20.8. The number of hydrogen-bond acceptors (Lipinski definition) is 3. The van der Waals surface area contributed by atoms with Crippen LogP contribution in [0.4, 0.5) is 0 Å². The molecule has 1 aromatic rings. The average molecular weight is 362 g/mol. The summed E-state index contributed by atoms with van der Waals surface area (Å²) in [5, 5.41) is 9.05. The van der Waals surface area contributed by atoms with Crippen LogP contribution in [-0.4, -0.2) is 36.9 Å². The number of hydrogen-bond donors (Lipinski definition) is 1. The summed E-state index contributed by atoms with van der Waals surface area (Å²) in [5.74, 6) is -1.55. The lowest BCUT2D eigenvalue weighted by Crippen LogP contribution is -2.42. The molecule has 2 rings (SSSR count). The fourth-order valence-corrected chi connectivity index (χ4v) is 4.15. The second-order valence-electron chi connectivity index (χ2n) is 4.95. The fraction of sp³-hybridized carbons (Fsp3) is 0.462. The molecular formula is C13H16BrNO4S. The molecular weight excluding hydrogens is 346 g/mol. The smallest absolute Gasteiger partial charge is 0.307 e. The van der Waals surface area contributed by atoms with E-state index in [9.17, 15) is 13.2 Å². The standard InChI is InChI=1S/C13H16BrNO4S/c1-9-7-11(4-5-12(9)14)20(18,19)15-6-2-3-10(8-15)13(16)17/h4-5,7,10H,2-3,6,8H2,1H3,(H,16,17). The van der Waals surface area contributed by atoms with Gasteiger partial charge in [-0.1, -0.05) is 15.9 Å². The van der Waals surface area contributed by atoms with Gasteiger partial charge in [-0.05, 0) is 43.5 Å². The molecule has 1 aliphatic rings. The highest BCUT2D eigenvalue weighted by molar-refractivity contribution is 9.10. The van der Waals surface area contributed by atoms with E-state index in [0.29, 0.717) is 19.4 Å². The number of rotatable bonds is 3. The molecule has 110 valence electrons. The molecule has 1 N–H and O–H groups in total. The highest BCUT2D eigenvalue weighted by atomic mass is 79.9. The van der Waals surface area contributed by atoms with Gasteiger partial charge in [0.05, 0.1) is 10.8 Å². The van der Waals surface area contributed by atoms with E-state index in [0.717, 1.165) is 10.0 Å². The molecule has 1 fully saturated rings. The summed E-state index contributed by atoms with van der Waals surface area (Å²) < 4.78 is 27.2. The quantitative estimate of drug-likeness (QED) is 0.895. The van der Waals surface area contributed by atoms with Gasteiger partial charge in [-0.15, -0.1) is 0 Å². The van der Waals surface area contributed by atoms with Crippen molar-refractivity contribution in [1.29, 1.82) is 0 Å². The molecule has 0 spiro atoms. The Kier molecular flexibility index (Phi) is 4.51. The predicted molar refractivity (Wildman–Crippen MR) is 78.0 cm³/mol. The van der Waals surface area contributed by atoms with Gasteiger partial charge in [0.1, 0.15) is 0 Å². The maximum Gasteiger partial charge on any atom is 0.307 e. The lowest BCUT2D eigenvalue weighted by atomic mass is 10.0. The number of carboxylic acid groups (broad SMARTS) is 1. The second kappa shape index (κ2) is 5.83. The van der Waals surface area contributed by atoms with Crippen LogP contribution in [-0.2, 0) is 14.8 Å². The van der Waals surface area contributed by atoms with Crippen molar-refractivity contribution < 1.29 is 18.3 Å². The van der Waals surface area contributed by atoms with Crippen LogP contribution in [0.3, 0.4) is 0 Å². The van der Waals surface area contributed by atoms with Crippen LogP contribution in [0.5, 0.6) is 0 Å². The van der Waals surface area contributed by atoms with Gasteiger partial charge in [0.25, 0.3) is 0 Å². The Morgan fingerprint density at radius 1 is 1.45 bits per heavy atom. The van der Waals surface area contributed by atoms with Crippen LogP contribution in [0, 0.1) is 12.8 Å². The number of benzene rings is 1. The molecule has 1 atom stereocenters. The summed E-state index contributed by atoms with van der Waals surface area (Å²) >= 11 is 3.33. The van der Waals surface area contributed by atoms with Crippen LogP contribution < -0.4 is 0 Å². The monoisotopic (exact) mass is 361 g/mol. The third-order valence-corrected chi connectivity index (χ3v) is 6.25. The summed E-state index contributed by atoms with van der Waals surface area (Å²) in [7, 11) is -3.62. The maximum absolute atomic E-state index is 12.5. The molecule has 0 saturated carbocycles. The Labute approximate surface area is 126 Å². The molecule has 0 bridgehead atoms. The van der Waals surface area contributed by atoms with E-state index in [1.807, 2.05) is 6.92 Å². The molecule has 20 heavy (non-hydrogen) atoms. The Morgan fingerprint density at radius 3 is 2.75 bits per heavy atom. The van der Waals surface area contributed by atoms with E-state index in [1.165, 1.54) is 10.4 Å². The minimum atomic E-state index is -3.62. The van der Waals surface area contributed by atoms with Gasteiger partial charge in [-0.25, -0.2) is 8.42 Å². The van der Waals surface area contributed by atoms with Gasteiger partial charge in [-0.2, -0.15) is 4.31 Å². The number of aliphatic carboxylic acids is 1. The van der Waals surface area contributed by atoms with E-state index >= 15 is 0 Å². The summed E-state index contributed by atoms with van der Waals surface area (Å²) in [6.45, 7) is 2.24. The molecule has 1 heterocycles. The zero-order valence-electron chi connectivity index (χ0n) is 11.0. The summed E-state index contributed by atoms with van der Waals surface area (Å²) in [6, 6.07) is 4.83. The SMILES string of the molecule is Cc1cc(S(=O)(=O)N2CCCC(C(=O)O)C2)ccc1Br. The van der Waals surface area contributed by atoms with E-state index in [1.54, 1.807) is 12.1 Å². The lowest BCUT2D eigenvalue weighted by Gasteiger charge is -2.29. The molecule has 1 saturated heterocycles. The van der Waals surface area contributed by atoms with Gasteiger partial charge in [-0.3, -0.25) is 4.79 Å². The molecule has 0 aromatic heterocycles. The summed E-state index contributed by atoms with van der Waals surface area (Å²) in [5.41, 5.74) is 0.831. The predicted octanol–water partition coefficient (Wildman–Crippen LogP) is 2.24. The third kappa shape index (κ3) is 3.05. The topological polar surface area (TPSA) is 74.7 Å². The molecule has 0 aliphatic carbocycles. The van der Waals surface area contributed by atoms with E-state index in [2.05, 4.69) is 15.9 Å². The second-order valence-corrected chi connectivity index (χ2v) is 7.74. The Bertz CT molecular complexity index is 629. The Hall–Kier alpha value is -0.920. The zero-order valence-corrected chi connectivity index (χ0v) is 13.4. The van der Waals surface area contributed by atoms with E-state index in [4.69, 9.17) is 5.11 Å². The third-order valence-electron chi connectivity index (χ3n) is 3.50. The number of piperidine rings is 1. The number of aryl methyl sites for hydroxylation is 1. The van der Waals surface area contributed by atoms with Gasteiger partial charge < -0.3 is 5.11 Å². The van der Waals surface area contributed by atoms with Crippen molar-refractivity contribution in [2.75, 3.05) is 13.1 Å². The largest absolute Gasteiger partial charge is 0.481 e. The first kappa shape index (κ1) is 15.5. The lowest BCUT2D eigenvalue weighted by molar-refractivity contribution is -0.142. The van der Waals surface area contributed by atoms with Crippen LogP contribution in [0.2, 0.25) is 0 Å². The molecule has 1 aromatic carbocycles. The van der Waals surface area contributed by atoms with Crippen LogP contribution in [0.1, 0.15) is 18.4 Å². The van der Waals surface area contributed by atoms with Crippen molar-refractivity contribution in [1.82, 2.24) is 4.31 Å². The Morgan fingerprint density at radius 2 is 2.15 bits per heavy atom. The fourth-order valence-electron chi connectivity index (χ4n) is 2.29. The van der Waals surface area contributed by atoms with Crippen LogP contribution in [0.15, 0.2) is 27.6 Å². The molecule has 7 heteroatoms. The first-order chi connectivity index (χ1) is 9.32. The molecule has 0 radical (unpaired) electrons. The van der Waals surface area contributed by atoms with E-state index < -0.39 is 21.9 Å². The molecule has 1 unspecified atom stereocenters. The highest BCUT2D eigenvalue weighted by Crippen LogP contribution is 2.26. The summed E-state index contributed by atoms with van der Waals surface area (Å²) in [4.78, 5) is 11.2. The van der Waals surface area contributed by atoms with Gasteiger partial charge >= 0.3 is 5.97 Å². The van der Waals surface area contributed by atoms with Gasteiger partial charge in [0, 0.05) is 17.6 Å². The molecule has 5 nitrogen and oxygen atoms in total. The molecule has 0 amide bonds. The first-order valence-electron chi connectivity index (χ1n) is 6.31. The number of halogens is 1. The summed E-state index contributed by atoms with van der Waals surface area (Å²) in [6.07, 6.45) is 1.10. The Balaban J connectivity index is 2.29. The highest BCUT2D eigenvalue weighted by Gasteiger charge is 2.33. The number of carboxylic acids is 1. The van der Waals surface area contributed by atoms with Crippen molar-refractivity contribution in [3.8, 4) is 0 Å². The van der Waals surface area contributed by atoms with Crippen LogP contribution >= 0.6 is 15.9 Å². The van der Waals surface area contributed by atoms with Crippen LogP contribution in [0.25, 0.3) is 0 Å². The minimum absolute atomic E-state index is 0.0484. The van der Waals surface area contributed by atoms with Crippen molar-refractivity contribution in [3.05, 3.63) is 28.2 Å². The number of nitrogens with zero attached hydrogens (tertiary/aromatic N) is 1. The van der Waals surface area contributed by atoms with Crippen molar-refractivity contribution in [2.24, 2.45) is 5.92 Å². The first-order valence-corrected chi connectivity index (χ1v) is 8.55. The van der Waals surface area contributed by atoms with Crippen molar-refractivity contribution >= 4 is 31.9 Å². The minimum Gasteiger partial charge on any atom is -0.481 e. The van der Waals surface area contributed by atoms with Gasteiger partial charge in [0.2, 0.25) is 10.0 Å².